The van der Waals surface area contributed by atoms with E-state index in [4.69, 9.17) is 5.73 Å². The lowest BCUT2D eigenvalue weighted by atomic mass is 9.71. The summed E-state index contributed by atoms with van der Waals surface area (Å²) in [5.74, 6) is -0.212. The van der Waals surface area contributed by atoms with E-state index in [0.717, 1.165) is 18.4 Å². The van der Waals surface area contributed by atoms with Crippen LogP contribution in [0, 0.1) is 5.41 Å². The monoisotopic (exact) mass is 367 g/mol. The van der Waals surface area contributed by atoms with Crippen molar-refractivity contribution in [2.45, 2.75) is 31.8 Å². The first-order valence-electron chi connectivity index (χ1n) is 8.61. The van der Waals surface area contributed by atoms with Crippen molar-refractivity contribution in [3.05, 3.63) is 35.4 Å². The summed E-state index contributed by atoms with van der Waals surface area (Å²) in [7, 11) is 0. The van der Waals surface area contributed by atoms with Gasteiger partial charge >= 0.3 is 0 Å². The fourth-order valence-electron chi connectivity index (χ4n) is 3.78. The molecule has 6 nitrogen and oxygen atoms in total. The van der Waals surface area contributed by atoms with E-state index in [1.807, 2.05) is 24.3 Å². The number of piperidine rings is 2. The molecule has 0 aliphatic carbocycles. The number of amides is 2. The SMILES string of the molecule is Cl.NCCc1ccc(C(=O)N2CC[C@H](O)[C@@]3(CCCNC3=O)C2)cc1. The van der Waals surface area contributed by atoms with Crippen molar-refractivity contribution in [1.82, 2.24) is 10.2 Å². The predicted octanol–water partition coefficient (Wildman–Crippen LogP) is 0.713. The summed E-state index contributed by atoms with van der Waals surface area (Å²) in [4.78, 5) is 26.9. The molecule has 4 N–H and O–H groups in total. The van der Waals surface area contributed by atoms with Gasteiger partial charge in [0.25, 0.3) is 5.91 Å². The lowest BCUT2D eigenvalue weighted by Crippen LogP contribution is -2.62. The molecular formula is C18H26ClN3O3. The predicted molar refractivity (Wildman–Crippen MR) is 97.7 cm³/mol. The van der Waals surface area contributed by atoms with Gasteiger partial charge < -0.3 is 21.1 Å². The Labute approximate surface area is 154 Å². The fourth-order valence-corrected chi connectivity index (χ4v) is 3.78. The summed E-state index contributed by atoms with van der Waals surface area (Å²) in [6, 6.07) is 7.46. The van der Waals surface area contributed by atoms with E-state index in [2.05, 4.69) is 5.32 Å². The van der Waals surface area contributed by atoms with E-state index >= 15 is 0 Å². The molecule has 138 valence electrons. The molecule has 0 saturated carbocycles. The molecule has 0 radical (unpaired) electrons. The first-order chi connectivity index (χ1) is 11.6. The minimum atomic E-state index is -0.856. The molecule has 0 bridgehead atoms. The van der Waals surface area contributed by atoms with E-state index in [9.17, 15) is 14.7 Å². The van der Waals surface area contributed by atoms with Crippen molar-refractivity contribution < 1.29 is 14.7 Å². The number of nitrogens with two attached hydrogens (primary N) is 1. The lowest BCUT2D eigenvalue weighted by molar-refractivity contribution is -0.147. The molecule has 2 amide bonds. The van der Waals surface area contributed by atoms with Crippen molar-refractivity contribution in [3.63, 3.8) is 0 Å². The molecule has 1 aromatic rings. The molecule has 1 spiro atoms. The van der Waals surface area contributed by atoms with Crippen LogP contribution in [0.3, 0.4) is 0 Å². The average Bonchev–Trinajstić information content (AvgIpc) is 2.60. The number of aliphatic hydroxyl groups excluding tert-OH is 1. The maximum atomic E-state index is 12.8. The maximum absolute atomic E-state index is 12.8. The summed E-state index contributed by atoms with van der Waals surface area (Å²) >= 11 is 0. The number of nitrogens with zero attached hydrogens (tertiary/aromatic N) is 1. The number of carbonyl (C=O) groups excluding carboxylic acids is 2. The Bertz CT molecular complexity index is 622. The van der Waals surface area contributed by atoms with Crippen molar-refractivity contribution >= 4 is 24.2 Å². The molecule has 0 unspecified atom stereocenters. The highest BCUT2D eigenvalue weighted by Gasteiger charge is 2.50. The summed E-state index contributed by atoms with van der Waals surface area (Å²) in [6.45, 7) is 1.97. The zero-order valence-electron chi connectivity index (χ0n) is 14.2. The highest BCUT2D eigenvalue weighted by atomic mass is 35.5. The zero-order valence-corrected chi connectivity index (χ0v) is 15.1. The summed E-state index contributed by atoms with van der Waals surface area (Å²) < 4.78 is 0. The molecule has 2 fully saturated rings. The minimum Gasteiger partial charge on any atom is -0.392 e. The van der Waals surface area contributed by atoms with Gasteiger partial charge in [-0.15, -0.1) is 12.4 Å². The van der Waals surface area contributed by atoms with E-state index in [-0.39, 0.29) is 30.8 Å². The van der Waals surface area contributed by atoms with Gasteiger partial charge in [0.15, 0.2) is 0 Å². The third-order valence-electron chi connectivity index (χ3n) is 5.24. The van der Waals surface area contributed by atoms with Gasteiger partial charge in [0.05, 0.1) is 11.5 Å². The Balaban J connectivity index is 0.00000225. The van der Waals surface area contributed by atoms with Crippen LogP contribution in [0.1, 0.15) is 35.2 Å². The van der Waals surface area contributed by atoms with Crippen LogP contribution >= 0.6 is 12.4 Å². The normalized spacial score (nSPS) is 26.1. The molecule has 2 aliphatic heterocycles. The summed E-state index contributed by atoms with van der Waals surface area (Å²) in [6.07, 6.45) is 1.99. The molecule has 1 aromatic carbocycles. The third-order valence-corrected chi connectivity index (χ3v) is 5.24. The van der Waals surface area contributed by atoms with Gasteiger partial charge in [-0.3, -0.25) is 9.59 Å². The second-order valence-corrected chi connectivity index (χ2v) is 6.78. The third kappa shape index (κ3) is 3.81. The molecule has 3 rings (SSSR count). The number of benzene rings is 1. The second kappa shape index (κ2) is 8.17. The fraction of sp³-hybridized carbons (Fsp3) is 0.556. The number of carbonyl (C=O) groups is 2. The zero-order chi connectivity index (χ0) is 17.2. The van der Waals surface area contributed by atoms with Crippen LogP contribution in [0.25, 0.3) is 0 Å². The maximum Gasteiger partial charge on any atom is 0.253 e. The number of rotatable bonds is 3. The summed E-state index contributed by atoms with van der Waals surface area (Å²) in [5.41, 5.74) is 6.40. The van der Waals surface area contributed by atoms with E-state index in [1.165, 1.54) is 0 Å². The van der Waals surface area contributed by atoms with Gasteiger partial charge in [0.2, 0.25) is 5.91 Å². The van der Waals surface area contributed by atoms with Gasteiger partial charge in [-0.05, 0) is 49.9 Å². The van der Waals surface area contributed by atoms with Crippen molar-refractivity contribution in [3.8, 4) is 0 Å². The molecule has 2 aliphatic rings. The average molecular weight is 368 g/mol. The second-order valence-electron chi connectivity index (χ2n) is 6.78. The molecule has 25 heavy (non-hydrogen) atoms. The lowest BCUT2D eigenvalue weighted by Gasteiger charge is -2.46. The van der Waals surface area contributed by atoms with Crippen molar-refractivity contribution in [2.75, 3.05) is 26.2 Å². The Kier molecular flexibility index (Phi) is 6.43. The molecule has 0 aromatic heterocycles. The molecule has 2 saturated heterocycles. The molecular weight excluding hydrogens is 342 g/mol. The number of hydrogen-bond acceptors (Lipinski definition) is 4. The summed E-state index contributed by atoms with van der Waals surface area (Å²) in [5, 5.41) is 13.3. The first kappa shape index (κ1) is 19.7. The van der Waals surface area contributed by atoms with Gasteiger partial charge in [-0.1, -0.05) is 12.1 Å². The van der Waals surface area contributed by atoms with Crippen LogP contribution in [-0.2, 0) is 11.2 Å². The van der Waals surface area contributed by atoms with Crippen molar-refractivity contribution in [2.24, 2.45) is 11.1 Å². The van der Waals surface area contributed by atoms with Crippen LogP contribution in [0.4, 0.5) is 0 Å². The largest absolute Gasteiger partial charge is 0.392 e. The van der Waals surface area contributed by atoms with E-state index in [0.29, 0.717) is 38.0 Å². The van der Waals surface area contributed by atoms with Crippen LogP contribution in [0.15, 0.2) is 24.3 Å². The minimum absolute atomic E-state index is 0. The van der Waals surface area contributed by atoms with Gasteiger partial charge in [0.1, 0.15) is 0 Å². The topological polar surface area (TPSA) is 95.7 Å². The van der Waals surface area contributed by atoms with Crippen LogP contribution in [0.5, 0.6) is 0 Å². The number of likely N-dealkylation sites (tertiary alicyclic amines) is 1. The molecule has 2 heterocycles. The highest BCUT2D eigenvalue weighted by molar-refractivity contribution is 5.95. The highest BCUT2D eigenvalue weighted by Crippen LogP contribution is 2.37. The molecule has 2 atom stereocenters. The van der Waals surface area contributed by atoms with Gasteiger partial charge in [0, 0.05) is 25.2 Å². The Morgan fingerprint density at radius 3 is 2.72 bits per heavy atom. The Morgan fingerprint density at radius 2 is 2.08 bits per heavy atom. The number of aliphatic hydroxyl groups is 1. The van der Waals surface area contributed by atoms with Crippen LogP contribution in [-0.4, -0.2) is 54.1 Å². The number of nitrogens with one attached hydrogen (secondary N) is 1. The van der Waals surface area contributed by atoms with Gasteiger partial charge in [-0.2, -0.15) is 0 Å². The van der Waals surface area contributed by atoms with Crippen LogP contribution in [0.2, 0.25) is 0 Å². The van der Waals surface area contributed by atoms with Gasteiger partial charge in [-0.25, -0.2) is 0 Å². The number of halogens is 1. The smallest absolute Gasteiger partial charge is 0.253 e. The van der Waals surface area contributed by atoms with E-state index < -0.39 is 11.5 Å². The Morgan fingerprint density at radius 1 is 1.36 bits per heavy atom. The first-order valence-corrected chi connectivity index (χ1v) is 8.61. The number of hydrogen-bond donors (Lipinski definition) is 3. The van der Waals surface area contributed by atoms with Crippen LogP contribution < -0.4 is 11.1 Å². The quantitative estimate of drug-likeness (QED) is 0.733. The molecule has 7 heteroatoms. The standard InChI is InChI=1S/C18H25N3O3.ClH/c19-9-6-13-2-4-14(5-3-13)16(23)21-11-7-15(22)18(12-21)8-1-10-20-17(18)24;/h2-5,15,22H,1,6-12,19H2,(H,20,24);1H/t15-,18+;/m0./s1. The Hall–Kier alpha value is -1.63. The van der Waals surface area contributed by atoms with Crippen molar-refractivity contribution in [1.29, 1.82) is 0 Å². The van der Waals surface area contributed by atoms with E-state index in [1.54, 1.807) is 4.90 Å².